The average Bonchev–Trinajstić information content (AvgIpc) is 1.27. The third kappa shape index (κ3) is 39.7. The molecule has 0 bridgehead atoms. The van der Waals surface area contributed by atoms with Gasteiger partial charge in [0.05, 0.1) is 58.4 Å². The lowest BCUT2D eigenvalue weighted by Crippen LogP contribution is -2.52. The molecular formula is C55H87N11O30. The van der Waals surface area contributed by atoms with E-state index in [1.54, 1.807) is 0 Å². The van der Waals surface area contributed by atoms with Crippen LogP contribution in [-0.2, 0) is 86.3 Å². The minimum absolute atomic E-state index is 0.00753. The van der Waals surface area contributed by atoms with E-state index in [9.17, 15) is 127 Å². The van der Waals surface area contributed by atoms with Crippen LogP contribution in [0.2, 0.25) is 0 Å². The molecule has 0 heterocycles. The summed E-state index contributed by atoms with van der Waals surface area (Å²) >= 11 is 0. The van der Waals surface area contributed by atoms with Crippen LogP contribution in [0.25, 0.3) is 0 Å². The van der Waals surface area contributed by atoms with Crippen molar-refractivity contribution in [2.45, 2.75) is 158 Å². The van der Waals surface area contributed by atoms with E-state index in [-0.39, 0.29) is 103 Å². The van der Waals surface area contributed by atoms with Gasteiger partial charge in [-0.05, 0) is 96.3 Å². The van der Waals surface area contributed by atoms with Crippen molar-refractivity contribution in [1.82, 2.24) is 51.5 Å². The molecule has 0 aromatic rings. The fourth-order valence-electron chi connectivity index (χ4n) is 9.55. The van der Waals surface area contributed by atoms with Gasteiger partial charge in [-0.25, -0.2) is 0 Å². The molecule has 6 amide bonds. The van der Waals surface area contributed by atoms with E-state index >= 15 is 0 Å². The first-order valence-corrected chi connectivity index (χ1v) is 30.0. The number of aliphatic carboxylic acids is 12. The normalized spacial score (nSPS) is 13.3. The predicted molar refractivity (Wildman–Crippen MR) is 320 cm³/mol. The lowest BCUT2D eigenvalue weighted by Gasteiger charge is -2.25. The van der Waals surface area contributed by atoms with Gasteiger partial charge in [-0.2, -0.15) is 0 Å². The Hall–Kier alpha value is -9.74. The molecule has 0 spiro atoms. The van der Waals surface area contributed by atoms with E-state index in [1.807, 2.05) is 0 Å². The van der Waals surface area contributed by atoms with Gasteiger partial charge in [-0.1, -0.05) is 0 Å². The van der Waals surface area contributed by atoms with Gasteiger partial charge in [0.25, 0.3) is 0 Å². The monoisotopic (exact) mass is 1380 g/mol. The van der Waals surface area contributed by atoms with E-state index < -0.39 is 240 Å². The number of carbonyl (C=O) groups is 18. The fourth-order valence-corrected chi connectivity index (χ4v) is 9.55. The second-order valence-electron chi connectivity index (χ2n) is 21.9. The standard InChI is InChI=1S/C55H87N11O30/c56-31(49(86)62-33(51(88)60-22-8-4-12-37(55(95)96)66(29-47(82)83)30-48(84)85)15-18-39(68)58-20-6-2-10-35(53(91)92)64(25-43(74)75)26-44(76)77)13-16-40(69)61-32(50(87)59-21-7-3-11-36(54(93)94)65(27-45(78)79)28-46(80)81)14-17-38(67)57-19-5-1-9-34(52(89)90)63(23-41(70)71)24-42(72)73/h31-37H,1-30,56H2,(H,57,67)(H,58,68)(H,59,87)(H,60,88)(H,61,69)(H,62,86)(H,70,71)(H,72,73)(H,74,75)(H,76,77)(H,78,79)(H,80,81)(H,82,83)(H,84,85)(H,89,90)(H,91,92)(H,93,94)(H,95,96). The first-order chi connectivity index (χ1) is 44.9. The minimum atomic E-state index is -1.60. The van der Waals surface area contributed by atoms with E-state index in [0.29, 0.717) is 9.80 Å². The first-order valence-electron chi connectivity index (χ1n) is 30.0. The van der Waals surface area contributed by atoms with E-state index in [1.165, 1.54) is 0 Å². The number of carboxylic acid groups (broad SMARTS) is 12. The highest BCUT2D eigenvalue weighted by molar-refractivity contribution is 5.92. The highest BCUT2D eigenvalue weighted by Crippen LogP contribution is 2.15. The molecule has 7 atom stereocenters. The third-order valence-corrected chi connectivity index (χ3v) is 14.1. The molecule has 0 saturated heterocycles. The molecule has 0 aliphatic rings. The Balaban J connectivity index is 6.37. The average molecular weight is 1380 g/mol. The summed E-state index contributed by atoms with van der Waals surface area (Å²) in [6.45, 7) is -7.88. The van der Waals surface area contributed by atoms with Crippen molar-refractivity contribution in [3.8, 4) is 0 Å². The lowest BCUT2D eigenvalue weighted by molar-refractivity contribution is -0.152. The summed E-state index contributed by atoms with van der Waals surface area (Å²) < 4.78 is 0. The molecule has 20 N–H and O–H groups in total. The van der Waals surface area contributed by atoms with Crippen molar-refractivity contribution in [2.75, 3.05) is 78.5 Å². The van der Waals surface area contributed by atoms with Crippen LogP contribution in [0.4, 0.5) is 0 Å². The van der Waals surface area contributed by atoms with Gasteiger partial charge < -0.3 is 98.9 Å². The molecule has 0 aromatic heterocycles. The number of carboxylic acids is 12. The molecule has 0 rings (SSSR count). The van der Waals surface area contributed by atoms with Crippen LogP contribution in [0.15, 0.2) is 0 Å². The Kier molecular flexibility index (Phi) is 42.4. The van der Waals surface area contributed by atoms with Gasteiger partial charge in [-0.15, -0.1) is 0 Å². The molecule has 7 unspecified atom stereocenters. The number of nitrogens with zero attached hydrogens (tertiary/aromatic N) is 4. The predicted octanol–water partition coefficient (Wildman–Crippen LogP) is -5.53. The van der Waals surface area contributed by atoms with E-state index in [0.717, 1.165) is 9.80 Å². The molecule has 96 heavy (non-hydrogen) atoms. The Morgan fingerprint density at radius 2 is 0.500 bits per heavy atom. The molecular weight excluding hydrogens is 1290 g/mol. The quantitative estimate of drug-likeness (QED) is 0.0253. The van der Waals surface area contributed by atoms with Gasteiger partial charge >= 0.3 is 71.6 Å². The van der Waals surface area contributed by atoms with Crippen LogP contribution in [0, 0.1) is 0 Å². The zero-order valence-corrected chi connectivity index (χ0v) is 52.3. The van der Waals surface area contributed by atoms with Crippen molar-refractivity contribution in [2.24, 2.45) is 5.73 Å². The van der Waals surface area contributed by atoms with Crippen LogP contribution in [-0.4, -0.2) is 309 Å². The van der Waals surface area contributed by atoms with Gasteiger partial charge in [0.2, 0.25) is 35.4 Å². The van der Waals surface area contributed by atoms with Crippen LogP contribution < -0.4 is 37.6 Å². The van der Waals surface area contributed by atoms with Crippen molar-refractivity contribution in [3.63, 3.8) is 0 Å². The van der Waals surface area contributed by atoms with Gasteiger partial charge in [-0.3, -0.25) is 106 Å². The van der Waals surface area contributed by atoms with Gasteiger partial charge in [0, 0.05) is 45.4 Å². The second kappa shape index (κ2) is 47.2. The largest absolute Gasteiger partial charge is 0.480 e. The van der Waals surface area contributed by atoms with Gasteiger partial charge in [0.15, 0.2) is 0 Å². The Labute approximate surface area is 547 Å². The van der Waals surface area contributed by atoms with Gasteiger partial charge in [0.1, 0.15) is 36.3 Å². The fraction of sp³-hybridized carbons (Fsp3) is 0.673. The molecule has 0 saturated carbocycles. The summed E-state index contributed by atoms with van der Waals surface area (Å²) in [4.78, 5) is 221. The number of amides is 6. The Bertz CT molecular complexity index is 2640. The molecule has 0 aliphatic heterocycles. The SMILES string of the molecule is NC(CCC(=O)NC(CCC(=O)NCCCCC(C(=O)O)N(CC(=O)O)CC(=O)O)C(=O)NCCCCC(C(=O)O)N(CC(=O)O)CC(=O)O)C(=O)NC(CCC(=O)NCCCCC(C(=O)O)N(CC(=O)O)CC(=O)O)C(=O)NCCCCC(C(=O)O)N(CC(=O)O)CC(=O)O. The Morgan fingerprint density at radius 1 is 0.271 bits per heavy atom. The number of hydrogen-bond acceptors (Lipinski definition) is 23. The Morgan fingerprint density at radius 3 is 0.740 bits per heavy atom. The summed E-state index contributed by atoms with van der Waals surface area (Å²) in [6, 6.07) is -10.8. The molecule has 542 valence electrons. The molecule has 41 nitrogen and oxygen atoms in total. The first kappa shape index (κ1) is 86.3. The number of hydrogen-bond donors (Lipinski definition) is 19. The van der Waals surface area contributed by atoms with Crippen molar-refractivity contribution in [3.05, 3.63) is 0 Å². The summed E-state index contributed by atoms with van der Waals surface area (Å²) in [5.41, 5.74) is 6.15. The maximum Gasteiger partial charge on any atom is 0.320 e. The van der Waals surface area contributed by atoms with Crippen LogP contribution in [0.3, 0.4) is 0 Å². The third-order valence-electron chi connectivity index (χ3n) is 14.1. The number of nitrogens with two attached hydrogens (primary N) is 1. The summed E-state index contributed by atoms with van der Waals surface area (Å²) in [6.07, 6.45) is -3.47. The maximum absolute atomic E-state index is 13.6. The van der Waals surface area contributed by atoms with Crippen LogP contribution in [0.1, 0.15) is 116 Å². The highest BCUT2D eigenvalue weighted by atomic mass is 16.4. The smallest absolute Gasteiger partial charge is 0.320 e. The molecule has 41 heteroatoms. The van der Waals surface area contributed by atoms with Crippen molar-refractivity contribution in [1.29, 1.82) is 0 Å². The molecule has 0 radical (unpaired) electrons. The summed E-state index contributed by atoms with van der Waals surface area (Å²) in [7, 11) is 0. The van der Waals surface area contributed by atoms with Crippen LogP contribution in [0.5, 0.6) is 0 Å². The van der Waals surface area contributed by atoms with E-state index in [4.69, 9.17) is 26.2 Å². The van der Waals surface area contributed by atoms with Crippen LogP contribution >= 0.6 is 0 Å². The number of carbonyl (C=O) groups excluding carboxylic acids is 6. The maximum atomic E-state index is 13.6. The molecule has 0 aliphatic carbocycles. The summed E-state index contributed by atoms with van der Waals surface area (Å²) in [5, 5.41) is 127. The topological polar surface area (TPSA) is 661 Å². The number of unbranched alkanes of at least 4 members (excludes halogenated alkanes) is 4. The zero-order chi connectivity index (χ0) is 73.2. The summed E-state index contributed by atoms with van der Waals surface area (Å²) in [5.74, 6) is -23.2. The highest BCUT2D eigenvalue weighted by Gasteiger charge is 2.34. The number of rotatable bonds is 58. The molecule has 0 fully saturated rings. The number of nitrogens with one attached hydrogen (secondary N) is 6. The van der Waals surface area contributed by atoms with E-state index in [2.05, 4.69) is 31.9 Å². The molecule has 0 aromatic carbocycles. The zero-order valence-electron chi connectivity index (χ0n) is 52.3. The van der Waals surface area contributed by atoms with Crippen molar-refractivity contribution < 1.29 is 148 Å². The lowest BCUT2D eigenvalue weighted by atomic mass is 10.1. The minimum Gasteiger partial charge on any atom is -0.480 e. The van der Waals surface area contributed by atoms with Crippen molar-refractivity contribution >= 4 is 107 Å². The second-order valence-corrected chi connectivity index (χ2v) is 21.9.